The zero-order valence-electron chi connectivity index (χ0n) is 14.6. The van der Waals surface area contributed by atoms with Crippen molar-refractivity contribution in [2.75, 3.05) is 20.2 Å². The summed E-state index contributed by atoms with van der Waals surface area (Å²) in [5, 5.41) is 0. The van der Waals surface area contributed by atoms with E-state index in [1.54, 1.807) is 24.1 Å². The van der Waals surface area contributed by atoms with Gasteiger partial charge in [-0.15, -0.1) is 0 Å². The molecule has 0 radical (unpaired) electrons. The molecular weight excluding hydrogens is 320 g/mol. The molecule has 0 spiro atoms. The fraction of sp³-hybridized carbons (Fsp3) is 0.368. The first-order valence-electron chi connectivity index (χ1n) is 8.29. The minimum atomic E-state index is -0.208. The van der Waals surface area contributed by atoms with E-state index in [4.69, 9.17) is 14.2 Å². The lowest BCUT2D eigenvalue weighted by atomic mass is 10.2. The fourth-order valence-electron chi connectivity index (χ4n) is 2.58. The normalized spacial score (nSPS) is 15.8. The molecule has 3 rings (SSSR count). The summed E-state index contributed by atoms with van der Waals surface area (Å²) >= 11 is 0. The van der Waals surface area contributed by atoms with Crippen LogP contribution in [0.5, 0.6) is 17.4 Å². The molecule has 0 fully saturated rings. The average Bonchev–Trinajstić information content (AvgIpc) is 2.61. The van der Waals surface area contributed by atoms with Crippen LogP contribution in [0.3, 0.4) is 0 Å². The molecule has 2 aromatic rings. The molecule has 1 atom stereocenters. The summed E-state index contributed by atoms with van der Waals surface area (Å²) in [4.78, 5) is 18.3. The lowest BCUT2D eigenvalue weighted by Crippen LogP contribution is -2.41. The van der Waals surface area contributed by atoms with E-state index in [1.807, 2.05) is 38.1 Å². The molecule has 1 amide bonds. The molecule has 25 heavy (non-hydrogen) atoms. The quantitative estimate of drug-likeness (QED) is 0.836. The van der Waals surface area contributed by atoms with Gasteiger partial charge in [0.05, 0.1) is 18.2 Å². The van der Waals surface area contributed by atoms with Gasteiger partial charge < -0.3 is 19.1 Å². The van der Waals surface area contributed by atoms with E-state index in [-0.39, 0.29) is 18.1 Å². The van der Waals surface area contributed by atoms with Crippen LogP contribution >= 0.6 is 0 Å². The molecule has 1 aromatic carbocycles. The lowest BCUT2D eigenvalue weighted by molar-refractivity contribution is 0.0520. The summed E-state index contributed by atoms with van der Waals surface area (Å²) in [6.45, 7) is 4.70. The molecule has 2 heterocycles. The van der Waals surface area contributed by atoms with Gasteiger partial charge in [0.15, 0.2) is 17.6 Å². The number of pyridine rings is 1. The number of ether oxygens (including phenoxy) is 3. The maximum atomic E-state index is 12.5. The van der Waals surface area contributed by atoms with Crippen LogP contribution in [-0.4, -0.2) is 48.2 Å². The summed E-state index contributed by atoms with van der Waals surface area (Å²) in [5.74, 6) is 1.83. The van der Waals surface area contributed by atoms with E-state index in [0.717, 1.165) is 5.75 Å². The largest absolute Gasteiger partial charge is 0.486 e. The van der Waals surface area contributed by atoms with Crippen LogP contribution < -0.4 is 14.2 Å². The van der Waals surface area contributed by atoms with Crippen molar-refractivity contribution in [2.45, 2.75) is 26.1 Å². The molecule has 0 saturated heterocycles. The van der Waals surface area contributed by atoms with Gasteiger partial charge in [-0.3, -0.25) is 4.79 Å². The van der Waals surface area contributed by atoms with Crippen molar-refractivity contribution >= 4 is 5.91 Å². The highest BCUT2D eigenvalue weighted by atomic mass is 16.6. The van der Waals surface area contributed by atoms with Gasteiger partial charge in [-0.05, 0) is 32.0 Å². The maximum absolute atomic E-state index is 12.5. The number of hydrogen-bond donors (Lipinski definition) is 0. The molecular formula is C19H22N2O4. The summed E-state index contributed by atoms with van der Waals surface area (Å²) in [7, 11) is 1.74. The second-order valence-corrected chi connectivity index (χ2v) is 6.23. The molecule has 6 heteroatoms. The van der Waals surface area contributed by atoms with E-state index in [9.17, 15) is 4.79 Å². The van der Waals surface area contributed by atoms with Crippen LogP contribution in [0.25, 0.3) is 0 Å². The molecule has 0 aliphatic carbocycles. The number of nitrogens with zero attached hydrogens (tertiary/aromatic N) is 2. The van der Waals surface area contributed by atoms with Crippen LogP contribution in [0.2, 0.25) is 0 Å². The topological polar surface area (TPSA) is 60.9 Å². The first-order valence-corrected chi connectivity index (χ1v) is 8.29. The first kappa shape index (κ1) is 17.1. The molecule has 1 unspecified atom stereocenters. The Hall–Kier alpha value is -2.76. The Balaban J connectivity index is 1.59. The van der Waals surface area contributed by atoms with Crippen LogP contribution in [0.15, 0.2) is 42.6 Å². The van der Waals surface area contributed by atoms with Crippen molar-refractivity contribution in [3.8, 4) is 17.4 Å². The van der Waals surface area contributed by atoms with Crippen molar-refractivity contribution in [3.05, 3.63) is 48.2 Å². The number of benzene rings is 1. The molecule has 1 aliphatic rings. The van der Waals surface area contributed by atoms with Crippen LogP contribution in [0, 0.1) is 0 Å². The van der Waals surface area contributed by atoms with Crippen molar-refractivity contribution in [1.29, 1.82) is 0 Å². The predicted molar refractivity (Wildman–Crippen MR) is 93.3 cm³/mol. The summed E-state index contributed by atoms with van der Waals surface area (Å²) in [6, 6.07) is 11.0. The minimum absolute atomic E-state index is 0.0445. The fourth-order valence-corrected chi connectivity index (χ4v) is 2.58. The van der Waals surface area contributed by atoms with Gasteiger partial charge in [0.2, 0.25) is 5.88 Å². The van der Waals surface area contributed by atoms with Crippen molar-refractivity contribution in [1.82, 2.24) is 9.88 Å². The predicted octanol–water partition coefficient (Wildman–Crippen LogP) is 2.78. The van der Waals surface area contributed by atoms with Crippen molar-refractivity contribution in [2.24, 2.45) is 0 Å². The van der Waals surface area contributed by atoms with Crippen molar-refractivity contribution < 1.29 is 19.0 Å². The standard InChI is InChI=1S/C19H22N2O4/c1-13(2)24-18-9-8-14(10-20-18)19(22)21(3)11-15-12-23-16-6-4-5-7-17(16)25-15/h4-10,13,15H,11-12H2,1-3H3. The van der Waals surface area contributed by atoms with E-state index < -0.39 is 0 Å². The third kappa shape index (κ3) is 4.21. The lowest BCUT2D eigenvalue weighted by Gasteiger charge is -2.29. The highest BCUT2D eigenvalue weighted by Crippen LogP contribution is 2.31. The van der Waals surface area contributed by atoms with Gasteiger partial charge in [-0.2, -0.15) is 0 Å². The molecule has 0 bridgehead atoms. The number of likely N-dealkylation sites (N-methyl/N-ethyl adjacent to an activating group) is 1. The maximum Gasteiger partial charge on any atom is 0.255 e. The third-order valence-corrected chi connectivity index (χ3v) is 3.73. The number of carbonyl (C=O) groups excluding carboxylic acids is 1. The molecule has 0 saturated carbocycles. The second-order valence-electron chi connectivity index (χ2n) is 6.23. The summed E-state index contributed by atoms with van der Waals surface area (Å²) < 4.78 is 17.1. The Morgan fingerprint density at radius 2 is 2.04 bits per heavy atom. The van der Waals surface area contributed by atoms with Crippen LogP contribution in [-0.2, 0) is 0 Å². The number of amides is 1. The highest BCUT2D eigenvalue weighted by molar-refractivity contribution is 5.93. The van der Waals surface area contributed by atoms with Gasteiger partial charge in [0.25, 0.3) is 5.91 Å². The Morgan fingerprint density at radius 3 is 2.72 bits per heavy atom. The molecule has 1 aromatic heterocycles. The Morgan fingerprint density at radius 1 is 1.28 bits per heavy atom. The number of para-hydroxylation sites is 2. The Labute approximate surface area is 147 Å². The zero-order valence-corrected chi connectivity index (χ0v) is 14.6. The molecule has 1 aliphatic heterocycles. The van der Waals surface area contributed by atoms with Gasteiger partial charge in [-0.25, -0.2) is 4.98 Å². The number of aromatic nitrogens is 1. The van der Waals surface area contributed by atoms with E-state index >= 15 is 0 Å². The van der Waals surface area contributed by atoms with Gasteiger partial charge in [0, 0.05) is 19.3 Å². The number of fused-ring (bicyclic) bond motifs is 1. The molecule has 132 valence electrons. The summed E-state index contributed by atoms with van der Waals surface area (Å²) in [5.41, 5.74) is 0.510. The average molecular weight is 342 g/mol. The summed E-state index contributed by atoms with van der Waals surface area (Å²) in [6.07, 6.45) is 1.37. The van der Waals surface area contributed by atoms with Gasteiger partial charge >= 0.3 is 0 Å². The SMILES string of the molecule is CC(C)Oc1ccc(C(=O)N(C)CC2COc3ccccc3O2)cn1. The Kier molecular flexibility index (Phi) is 5.07. The van der Waals surface area contributed by atoms with E-state index in [0.29, 0.717) is 30.3 Å². The molecule has 6 nitrogen and oxygen atoms in total. The van der Waals surface area contributed by atoms with Gasteiger partial charge in [0.1, 0.15) is 6.61 Å². The third-order valence-electron chi connectivity index (χ3n) is 3.73. The Bertz CT molecular complexity index is 730. The second kappa shape index (κ2) is 7.42. The van der Waals surface area contributed by atoms with Crippen LogP contribution in [0.4, 0.5) is 0 Å². The highest BCUT2D eigenvalue weighted by Gasteiger charge is 2.24. The zero-order chi connectivity index (χ0) is 17.8. The van der Waals surface area contributed by atoms with E-state index in [2.05, 4.69) is 4.98 Å². The van der Waals surface area contributed by atoms with Gasteiger partial charge in [-0.1, -0.05) is 12.1 Å². The smallest absolute Gasteiger partial charge is 0.255 e. The van der Waals surface area contributed by atoms with Crippen LogP contribution in [0.1, 0.15) is 24.2 Å². The van der Waals surface area contributed by atoms with E-state index in [1.165, 1.54) is 6.20 Å². The monoisotopic (exact) mass is 342 g/mol. The molecule has 0 N–H and O–H groups in total. The number of rotatable bonds is 5. The number of hydrogen-bond acceptors (Lipinski definition) is 5. The minimum Gasteiger partial charge on any atom is -0.486 e. The van der Waals surface area contributed by atoms with Crippen molar-refractivity contribution in [3.63, 3.8) is 0 Å². The number of carbonyl (C=O) groups is 1. The first-order chi connectivity index (χ1) is 12.0.